The van der Waals surface area contributed by atoms with Crippen LogP contribution in [0.15, 0.2) is 267 Å². The maximum Gasteiger partial charge on any atom is 0.0640 e. The molecular formula is C81H62N2S2. The topological polar surface area (TPSA) is 6.48 Å². The molecule has 0 aliphatic heterocycles. The molecule has 16 rings (SSSR count). The Hall–Kier alpha value is -9.32. The van der Waals surface area contributed by atoms with Gasteiger partial charge in [0.2, 0.25) is 0 Å². The van der Waals surface area contributed by atoms with Crippen molar-refractivity contribution in [1.82, 2.24) is 0 Å². The Morgan fingerprint density at radius 3 is 1.31 bits per heavy atom. The average molecular weight is 1130 g/mol. The maximum absolute atomic E-state index is 2.59. The van der Waals surface area contributed by atoms with Crippen molar-refractivity contribution in [2.24, 2.45) is 10.8 Å². The zero-order chi connectivity index (χ0) is 57.3. The van der Waals surface area contributed by atoms with Crippen molar-refractivity contribution in [2.75, 3.05) is 9.80 Å². The first-order valence-electron chi connectivity index (χ1n) is 29.7. The molecule has 1 aliphatic carbocycles. The average Bonchev–Trinajstić information content (AvgIpc) is 1.67. The number of nitrogens with zero attached hydrogens (tertiary/aromatic N) is 2. The third-order valence-corrected chi connectivity index (χ3v) is 20.9. The van der Waals surface area contributed by atoms with Crippen LogP contribution in [-0.4, -0.2) is 0 Å². The van der Waals surface area contributed by atoms with Crippen LogP contribution in [0.4, 0.5) is 34.1 Å². The van der Waals surface area contributed by atoms with E-state index in [4.69, 9.17) is 0 Å². The lowest BCUT2D eigenvalue weighted by atomic mass is 9.49. The summed E-state index contributed by atoms with van der Waals surface area (Å²) >= 11 is 3.75. The predicted molar refractivity (Wildman–Crippen MR) is 370 cm³/mol. The van der Waals surface area contributed by atoms with E-state index in [0.717, 1.165) is 22.7 Å². The van der Waals surface area contributed by atoms with Crippen LogP contribution in [0.3, 0.4) is 0 Å². The van der Waals surface area contributed by atoms with Crippen LogP contribution in [0.5, 0.6) is 0 Å². The monoisotopic (exact) mass is 1130 g/mol. The van der Waals surface area contributed by atoms with Crippen LogP contribution in [0.2, 0.25) is 0 Å². The predicted octanol–water partition coefficient (Wildman–Crippen LogP) is 24.5. The van der Waals surface area contributed by atoms with E-state index >= 15 is 0 Å². The summed E-state index contributed by atoms with van der Waals surface area (Å²) in [5.74, 6) is 0. The molecule has 4 heteroatoms. The van der Waals surface area contributed by atoms with Gasteiger partial charge in [0.25, 0.3) is 0 Å². The number of hydrogen-bond donors (Lipinski definition) is 0. The molecular weight excluding hydrogens is 1070 g/mol. The minimum Gasteiger partial charge on any atom is -0.309 e. The normalized spacial score (nSPS) is 13.2. The van der Waals surface area contributed by atoms with Crippen LogP contribution in [0.1, 0.15) is 52.7 Å². The Bertz CT molecular complexity index is 5150. The number of anilines is 6. The van der Waals surface area contributed by atoms with Gasteiger partial charge in [0, 0.05) is 59.1 Å². The van der Waals surface area contributed by atoms with Gasteiger partial charge in [-0.15, -0.1) is 22.7 Å². The fourth-order valence-electron chi connectivity index (χ4n) is 15.3. The Balaban J connectivity index is 0.843. The summed E-state index contributed by atoms with van der Waals surface area (Å²) in [7, 11) is 0. The summed E-state index contributed by atoms with van der Waals surface area (Å²) in [6.45, 7) is 14.9. The molecule has 2 aromatic heterocycles. The summed E-state index contributed by atoms with van der Waals surface area (Å²) in [4.78, 5) is 4.89. The zero-order valence-corrected chi connectivity index (χ0v) is 50.2. The summed E-state index contributed by atoms with van der Waals surface area (Å²) in [5, 5.41) is 12.9. The molecule has 0 saturated heterocycles. The van der Waals surface area contributed by atoms with Gasteiger partial charge >= 0.3 is 0 Å². The standard InChI is InChI=1S/C81H62N2S2/c1-79(2,3)81(80(4,5)6)70-50-56-45-53(51-23-19-29-59(46-51)82(57-25-9-7-10-26-57)71-37-21-35-66-62-32-15-17-39-73(62)84-77(66)71)41-42-55(56)49-69(70)75-64-34-14-13-31-61(64)68-48-54(43-44-65(68)76(75)81)52-24-20-30-60(47-52)83(58-27-11-8-12-28-58)72-38-22-36-67-63-33-16-18-40-74(63)85-78(67)72/h7-50H,1-6H3. The first-order chi connectivity index (χ1) is 41.4. The molecule has 85 heavy (non-hydrogen) atoms. The van der Waals surface area contributed by atoms with Gasteiger partial charge in [0.1, 0.15) is 0 Å². The van der Waals surface area contributed by atoms with E-state index in [1.807, 2.05) is 22.7 Å². The van der Waals surface area contributed by atoms with Gasteiger partial charge in [-0.3, -0.25) is 0 Å². The van der Waals surface area contributed by atoms with Crippen LogP contribution in [-0.2, 0) is 5.41 Å². The van der Waals surface area contributed by atoms with Gasteiger partial charge < -0.3 is 9.80 Å². The Morgan fingerprint density at radius 1 is 0.306 bits per heavy atom. The summed E-state index contributed by atoms with van der Waals surface area (Å²) in [5.41, 5.74) is 16.5. The van der Waals surface area contributed by atoms with Crippen molar-refractivity contribution >= 4 is 129 Å². The molecule has 0 radical (unpaired) electrons. The first-order valence-corrected chi connectivity index (χ1v) is 31.4. The molecule has 0 fully saturated rings. The molecule has 15 aromatic rings. The van der Waals surface area contributed by atoms with Crippen molar-refractivity contribution in [3.8, 4) is 33.4 Å². The van der Waals surface area contributed by atoms with E-state index in [1.165, 1.54) is 129 Å². The molecule has 0 bridgehead atoms. The SMILES string of the molecule is CC(C)(C)C1(C(C)(C)C)c2cc3cc(-c4cccc(N(c5ccccc5)c5cccc6c5sc5ccccc56)c4)ccc3cc2-c2c1c1ccc(-c3cccc(N(c4ccccc4)c4cccc5c4sc4ccccc45)c3)cc1c1ccccc21. The quantitative estimate of drug-likeness (QED) is 0.140. The molecule has 2 nitrogen and oxygen atoms in total. The van der Waals surface area contributed by atoms with Crippen molar-refractivity contribution in [3.05, 3.63) is 278 Å². The number of hydrogen-bond acceptors (Lipinski definition) is 4. The third kappa shape index (κ3) is 7.88. The Morgan fingerprint density at radius 2 is 0.753 bits per heavy atom. The second-order valence-electron chi connectivity index (χ2n) is 25.2. The number of benzene rings is 13. The van der Waals surface area contributed by atoms with Crippen molar-refractivity contribution < 1.29 is 0 Å². The van der Waals surface area contributed by atoms with Gasteiger partial charge in [-0.25, -0.2) is 0 Å². The Kier molecular flexibility index (Phi) is 11.7. The molecule has 0 amide bonds. The van der Waals surface area contributed by atoms with E-state index in [1.54, 1.807) is 0 Å². The second-order valence-corrected chi connectivity index (χ2v) is 27.3. The molecule has 13 aromatic carbocycles. The smallest absolute Gasteiger partial charge is 0.0640 e. The molecule has 1 aliphatic rings. The van der Waals surface area contributed by atoms with Crippen LogP contribution >= 0.6 is 22.7 Å². The van der Waals surface area contributed by atoms with E-state index in [0.29, 0.717) is 0 Å². The largest absolute Gasteiger partial charge is 0.309 e. The fraction of sp³-hybridized carbons (Fsp3) is 0.111. The molecule has 0 atom stereocenters. The van der Waals surface area contributed by atoms with Crippen LogP contribution < -0.4 is 9.80 Å². The highest BCUT2D eigenvalue weighted by atomic mass is 32.1. The van der Waals surface area contributed by atoms with E-state index in [2.05, 4.69) is 318 Å². The summed E-state index contributed by atoms with van der Waals surface area (Å²) in [6.07, 6.45) is 0. The molecule has 2 heterocycles. The van der Waals surface area contributed by atoms with Gasteiger partial charge in [-0.05, 0) is 185 Å². The Labute approximate surface area is 505 Å². The minimum atomic E-state index is -0.383. The molecule has 0 spiro atoms. The van der Waals surface area contributed by atoms with Crippen molar-refractivity contribution in [1.29, 1.82) is 0 Å². The lowest BCUT2D eigenvalue weighted by Gasteiger charge is -2.53. The molecule has 0 unspecified atom stereocenters. The third-order valence-electron chi connectivity index (χ3n) is 18.5. The van der Waals surface area contributed by atoms with Crippen LogP contribution in [0, 0.1) is 10.8 Å². The van der Waals surface area contributed by atoms with E-state index in [-0.39, 0.29) is 16.2 Å². The van der Waals surface area contributed by atoms with E-state index < -0.39 is 0 Å². The lowest BCUT2D eigenvalue weighted by Crippen LogP contribution is -2.50. The van der Waals surface area contributed by atoms with Crippen LogP contribution in [0.25, 0.3) is 106 Å². The molecule has 408 valence electrons. The second kappa shape index (κ2) is 19.4. The highest BCUT2D eigenvalue weighted by molar-refractivity contribution is 7.26. The first kappa shape index (κ1) is 51.3. The summed E-state index contributed by atoms with van der Waals surface area (Å²) < 4.78 is 5.18. The molecule has 0 N–H and O–H groups in total. The highest BCUT2D eigenvalue weighted by Gasteiger charge is 2.59. The van der Waals surface area contributed by atoms with Gasteiger partial charge in [-0.1, -0.05) is 211 Å². The highest BCUT2D eigenvalue weighted by Crippen LogP contribution is 2.68. The van der Waals surface area contributed by atoms with E-state index in [9.17, 15) is 0 Å². The number of thiophene rings is 2. The van der Waals surface area contributed by atoms with Gasteiger partial charge in [-0.2, -0.15) is 0 Å². The minimum absolute atomic E-state index is 0.191. The lowest BCUT2D eigenvalue weighted by molar-refractivity contribution is 0.0965. The number of rotatable bonds is 8. The van der Waals surface area contributed by atoms with Gasteiger partial charge in [0.05, 0.1) is 20.8 Å². The fourth-order valence-corrected chi connectivity index (χ4v) is 17.7. The number of fused-ring (bicyclic) bond motifs is 15. The van der Waals surface area contributed by atoms with Gasteiger partial charge in [0.15, 0.2) is 0 Å². The van der Waals surface area contributed by atoms with Crippen molar-refractivity contribution in [2.45, 2.75) is 47.0 Å². The zero-order valence-electron chi connectivity index (χ0n) is 48.6. The molecule has 0 saturated carbocycles. The maximum atomic E-state index is 2.59. The van der Waals surface area contributed by atoms with Crippen molar-refractivity contribution in [3.63, 3.8) is 0 Å². The summed E-state index contributed by atoms with van der Waals surface area (Å²) in [6, 6.07) is 100.0. The number of para-hydroxylation sites is 2.